The first-order chi connectivity index (χ1) is 9.63. The van der Waals surface area contributed by atoms with Crippen LogP contribution in [0.25, 0.3) is 0 Å². The summed E-state index contributed by atoms with van der Waals surface area (Å²) in [6, 6.07) is 5.33. The molecule has 3 unspecified atom stereocenters. The number of hydrogen-bond acceptors (Lipinski definition) is 4. The zero-order chi connectivity index (χ0) is 14.5. The van der Waals surface area contributed by atoms with E-state index in [1.165, 1.54) is 11.3 Å². The van der Waals surface area contributed by atoms with Gasteiger partial charge in [0.05, 0.1) is 0 Å². The molecule has 1 fully saturated rings. The van der Waals surface area contributed by atoms with Crippen molar-refractivity contribution in [2.45, 2.75) is 51.4 Å². The zero-order valence-corrected chi connectivity index (χ0v) is 13.9. The summed E-state index contributed by atoms with van der Waals surface area (Å²) in [7, 11) is 0. The van der Waals surface area contributed by atoms with E-state index in [0.29, 0.717) is 17.3 Å². The number of rotatable bonds is 5. The van der Waals surface area contributed by atoms with Gasteiger partial charge in [0.1, 0.15) is 5.82 Å². The van der Waals surface area contributed by atoms with Gasteiger partial charge in [-0.25, -0.2) is 4.98 Å². The molecular weight excluding hydrogens is 266 g/mol. The van der Waals surface area contributed by atoms with E-state index >= 15 is 0 Å². The minimum Gasteiger partial charge on any atom is -0.352 e. The number of anilines is 1. The Kier molecular flexibility index (Phi) is 5.73. The molecule has 0 amide bonds. The van der Waals surface area contributed by atoms with Gasteiger partial charge in [-0.3, -0.25) is 0 Å². The van der Waals surface area contributed by atoms with Gasteiger partial charge in [0.15, 0.2) is 0 Å². The van der Waals surface area contributed by atoms with Crippen LogP contribution in [-0.4, -0.2) is 35.1 Å². The molecule has 3 atom stereocenters. The van der Waals surface area contributed by atoms with Crippen LogP contribution in [0.1, 0.15) is 45.7 Å². The average molecular weight is 293 g/mol. The fourth-order valence-corrected chi connectivity index (χ4v) is 3.66. The third kappa shape index (κ3) is 3.67. The van der Waals surface area contributed by atoms with Crippen LogP contribution in [0.3, 0.4) is 0 Å². The van der Waals surface area contributed by atoms with Crippen molar-refractivity contribution in [1.82, 2.24) is 10.3 Å². The Morgan fingerprint density at radius 2 is 2.25 bits per heavy atom. The molecule has 2 rings (SSSR count). The van der Waals surface area contributed by atoms with Crippen LogP contribution >= 0.6 is 11.8 Å². The Hall–Kier alpha value is -0.740. The molecule has 0 bridgehead atoms. The van der Waals surface area contributed by atoms with Gasteiger partial charge < -0.3 is 10.2 Å². The van der Waals surface area contributed by atoms with Crippen LogP contribution in [0.15, 0.2) is 18.3 Å². The SMILES string of the molecule is CCCNC(C)c1ccc(N2CCSC(C)C2C)nc1. The van der Waals surface area contributed by atoms with E-state index in [4.69, 9.17) is 4.98 Å². The van der Waals surface area contributed by atoms with Crippen LogP contribution in [0, 0.1) is 0 Å². The maximum atomic E-state index is 4.69. The fraction of sp³-hybridized carbons (Fsp3) is 0.688. The minimum absolute atomic E-state index is 0.379. The predicted molar refractivity (Wildman–Crippen MR) is 89.7 cm³/mol. The van der Waals surface area contributed by atoms with E-state index in [1.54, 1.807) is 0 Å². The number of pyridine rings is 1. The molecule has 0 spiro atoms. The van der Waals surface area contributed by atoms with Gasteiger partial charge in [-0.2, -0.15) is 11.8 Å². The highest BCUT2D eigenvalue weighted by atomic mass is 32.2. The Labute approximate surface area is 127 Å². The number of hydrogen-bond donors (Lipinski definition) is 1. The van der Waals surface area contributed by atoms with Crippen molar-refractivity contribution in [3.05, 3.63) is 23.9 Å². The van der Waals surface area contributed by atoms with Crippen molar-refractivity contribution in [3.8, 4) is 0 Å². The lowest BCUT2D eigenvalue weighted by Gasteiger charge is -2.38. The number of thioether (sulfide) groups is 1. The molecule has 0 aliphatic carbocycles. The summed E-state index contributed by atoms with van der Waals surface area (Å²) in [6.07, 6.45) is 3.19. The second-order valence-electron chi connectivity index (χ2n) is 5.64. The summed E-state index contributed by atoms with van der Waals surface area (Å²) >= 11 is 2.06. The summed E-state index contributed by atoms with van der Waals surface area (Å²) in [5.74, 6) is 2.32. The van der Waals surface area contributed by atoms with Crippen molar-refractivity contribution in [2.24, 2.45) is 0 Å². The molecule has 1 N–H and O–H groups in total. The molecule has 2 heterocycles. The average Bonchev–Trinajstić information content (AvgIpc) is 2.48. The molecule has 0 aromatic carbocycles. The molecule has 1 aromatic heterocycles. The summed E-state index contributed by atoms with van der Waals surface area (Å²) in [6.45, 7) is 11.2. The second kappa shape index (κ2) is 7.32. The quantitative estimate of drug-likeness (QED) is 0.900. The van der Waals surface area contributed by atoms with Crippen molar-refractivity contribution in [2.75, 3.05) is 23.7 Å². The predicted octanol–water partition coefficient (Wildman–Crippen LogP) is 3.47. The Balaban J connectivity index is 2.04. The normalized spacial score (nSPS) is 24.7. The van der Waals surface area contributed by atoms with Crippen molar-refractivity contribution >= 4 is 17.6 Å². The smallest absolute Gasteiger partial charge is 0.128 e. The van der Waals surface area contributed by atoms with Gasteiger partial charge in [-0.1, -0.05) is 19.9 Å². The molecule has 20 heavy (non-hydrogen) atoms. The van der Waals surface area contributed by atoms with Gasteiger partial charge in [-0.15, -0.1) is 0 Å². The summed E-state index contributed by atoms with van der Waals surface area (Å²) in [5, 5.41) is 4.18. The van der Waals surface area contributed by atoms with E-state index in [9.17, 15) is 0 Å². The number of aromatic nitrogens is 1. The Bertz CT molecular complexity index is 407. The van der Waals surface area contributed by atoms with Gasteiger partial charge in [0, 0.05) is 35.8 Å². The molecule has 0 radical (unpaired) electrons. The zero-order valence-electron chi connectivity index (χ0n) is 13.1. The van der Waals surface area contributed by atoms with Gasteiger partial charge in [-0.05, 0) is 38.4 Å². The van der Waals surface area contributed by atoms with E-state index in [0.717, 1.165) is 25.3 Å². The molecule has 1 aromatic rings. The largest absolute Gasteiger partial charge is 0.352 e. The van der Waals surface area contributed by atoms with Crippen molar-refractivity contribution in [3.63, 3.8) is 0 Å². The standard InChI is InChI=1S/C16H27N3S/c1-5-8-17-12(2)15-6-7-16(18-11-15)19-9-10-20-14(4)13(19)3/h6-7,11-14,17H,5,8-10H2,1-4H3. The van der Waals surface area contributed by atoms with E-state index in [1.807, 2.05) is 6.20 Å². The first kappa shape index (κ1) is 15.6. The number of nitrogens with one attached hydrogen (secondary N) is 1. The van der Waals surface area contributed by atoms with Crippen LogP contribution in [-0.2, 0) is 0 Å². The van der Waals surface area contributed by atoms with Gasteiger partial charge >= 0.3 is 0 Å². The highest BCUT2D eigenvalue weighted by molar-refractivity contribution is 8.00. The maximum Gasteiger partial charge on any atom is 0.128 e. The van der Waals surface area contributed by atoms with Crippen LogP contribution in [0.4, 0.5) is 5.82 Å². The lowest BCUT2D eigenvalue weighted by Crippen LogP contribution is -2.45. The molecule has 3 nitrogen and oxygen atoms in total. The van der Waals surface area contributed by atoms with E-state index in [2.05, 4.69) is 61.8 Å². The molecule has 112 valence electrons. The fourth-order valence-electron chi connectivity index (χ4n) is 2.56. The molecule has 1 aliphatic rings. The first-order valence-corrected chi connectivity index (χ1v) is 8.76. The maximum absolute atomic E-state index is 4.69. The van der Waals surface area contributed by atoms with E-state index in [-0.39, 0.29) is 0 Å². The number of nitrogens with zero attached hydrogens (tertiary/aromatic N) is 2. The summed E-state index contributed by atoms with van der Waals surface area (Å²) in [4.78, 5) is 7.13. The lowest BCUT2D eigenvalue weighted by atomic mass is 10.1. The van der Waals surface area contributed by atoms with Crippen LogP contribution in [0.5, 0.6) is 0 Å². The van der Waals surface area contributed by atoms with Crippen molar-refractivity contribution in [1.29, 1.82) is 0 Å². The second-order valence-corrected chi connectivity index (χ2v) is 7.12. The van der Waals surface area contributed by atoms with Crippen molar-refractivity contribution < 1.29 is 0 Å². The molecule has 4 heteroatoms. The van der Waals surface area contributed by atoms with Crippen LogP contribution < -0.4 is 10.2 Å². The summed E-state index contributed by atoms with van der Waals surface area (Å²) in [5.41, 5.74) is 1.27. The Morgan fingerprint density at radius 3 is 2.90 bits per heavy atom. The van der Waals surface area contributed by atoms with Gasteiger partial charge in [0.25, 0.3) is 0 Å². The highest BCUT2D eigenvalue weighted by Gasteiger charge is 2.26. The van der Waals surface area contributed by atoms with Gasteiger partial charge in [0.2, 0.25) is 0 Å². The van der Waals surface area contributed by atoms with Crippen LogP contribution in [0.2, 0.25) is 0 Å². The lowest BCUT2D eigenvalue weighted by molar-refractivity contribution is 0.568. The third-order valence-corrected chi connectivity index (χ3v) is 5.49. The summed E-state index contributed by atoms with van der Waals surface area (Å²) < 4.78 is 0. The third-order valence-electron chi connectivity index (χ3n) is 4.15. The highest BCUT2D eigenvalue weighted by Crippen LogP contribution is 2.28. The monoisotopic (exact) mass is 293 g/mol. The first-order valence-electron chi connectivity index (χ1n) is 7.71. The molecular formula is C16H27N3S. The molecule has 1 saturated heterocycles. The topological polar surface area (TPSA) is 28.2 Å². The molecule has 1 aliphatic heterocycles. The minimum atomic E-state index is 0.379. The molecule has 0 saturated carbocycles. The van der Waals surface area contributed by atoms with E-state index < -0.39 is 0 Å². The Morgan fingerprint density at radius 1 is 1.45 bits per heavy atom.